The third-order valence-corrected chi connectivity index (χ3v) is 4.95. The lowest BCUT2D eigenvalue weighted by Crippen LogP contribution is -2.34. The highest BCUT2D eigenvalue weighted by Gasteiger charge is 2.55. The number of nitrogens with zero attached hydrogens (tertiary/aromatic N) is 3. The molecule has 1 aliphatic heterocycles. The Bertz CT molecular complexity index is 827. The number of nitrogens with one attached hydrogen (secondary N) is 1. The maximum Gasteiger partial charge on any atom is 0.408 e. The van der Waals surface area contributed by atoms with Gasteiger partial charge >= 0.3 is 6.09 Å². The van der Waals surface area contributed by atoms with Gasteiger partial charge in [0.15, 0.2) is 0 Å². The van der Waals surface area contributed by atoms with Crippen LogP contribution in [0.2, 0.25) is 0 Å². The minimum Gasteiger partial charge on any atom is -0.497 e. The van der Waals surface area contributed by atoms with Crippen LogP contribution in [0.5, 0.6) is 5.75 Å². The molecule has 2 aliphatic rings. The molecule has 1 spiro atoms. The van der Waals surface area contributed by atoms with Gasteiger partial charge in [0, 0.05) is 6.04 Å². The molecule has 0 saturated carbocycles. The smallest absolute Gasteiger partial charge is 0.408 e. The third-order valence-electron chi connectivity index (χ3n) is 4.95. The Morgan fingerprint density at radius 2 is 2.15 bits per heavy atom. The van der Waals surface area contributed by atoms with E-state index < -0.39 is 12.2 Å². The predicted molar refractivity (Wildman–Crippen MR) is 96.5 cm³/mol. The van der Waals surface area contributed by atoms with Crippen LogP contribution in [0, 0.1) is 0 Å². The van der Waals surface area contributed by atoms with Crippen LogP contribution in [0.3, 0.4) is 0 Å². The lowest BCUT2D eigenvalue weighted by Gasteiger charge is -2.26. The van der Waals surface area contributed by atoms with Gasteiger partial charge in [-0.05, 0) is 44.4 Å². The third kappa shape index (κ3) is 3.49. The number of epoxide rings is 1. The molecular weight excluding hydrogens is 348 g/mol. The van der Waals surface area contributed by atoms with Crippen LogP contribution in [0.4, 0.5) is 4.79 Å². The molecule has 1 fully saturated rings. The number of benzene rings is 1. The molecule has 2 heterocycles. The van der Waals surface area contributed by atoms with Crippen LogP contribution in [-0.4, -0.2) is 40.8 Å². The van der Waals surface area contributed by atoms with Crippen LogP contribution < -0.4 is 10.1 Å². The Hall–Kier alpha value is -2.61. The van der Waals surface area contributed by atoms with Crippen molar-refractivity contribution in [3.63, 3.8) is 0 Å². The van der Waals surface area contributed by atoms with Crippen molar-refractivity contribution in [2.45, 2.75) is 51.0 Å². The van der Waals surface area contributed by atoms with E-state index in [2.05, 4.69) is 15.6 Å². The molecule has 1 saturated heterocycles. The van der Waals surface area contributed by atoms with Crippen LogP contribution in [0.15, 0.2) is 24.3 Å². The normalized spacial score (nSPS) is 23.2. The molecule has 4 rings (SSSR count). The number of carbonyl (C=O) groups excluding carboxylic acids is 1. The van der Waals surface area contributed by atoms with Crippen molar-refractivity contribution in [3.05, 3.63) is 41.2 Å². The molecule has 0 bridgehead atoms. The number of ether oxygens (including phenoxy) is 3. The maximum atomic E-state index is 12.0. The van der Waals surface area contributed by atoms with Crippen LogP contribution in [0.25, 0.3) is 0 Å². The Kier molecular flexibility index (Phi) is 4.51. The van der Waals surface area contributed by atoms with Crippen molar-refractivity contribution < 1.29 is 19.0 Å². The molecule has 27 heavy (non-hydrogen) atoms. The fourth-order valence-corrected chi connectivity index (χ4v) is 3.53. The first-order chi connectivity index (χ1) is 13.0. The lowest BCUT2D eigenvalue weighted by atomic mass is 9.88. The Balaban J connectivity index is 1.57. The molecule has 144 valence electrons. The first kappa shape index (κ1) is 17.8. The molecule has 1 aromatic carbocycles. The molecule has 0 radical (unpaired) electrons. The average Bonchev–Trinajstić information content (AvgIpc) is 3.28. The summed E-state index contributed by atoms with van der Waals surface area (Å²) in [5, 5.41) is 11.4. The van der Waals surface area contributed by atoms with Gasteiger partial charge in [0.2, 0.25) is 0 Å². The molecule has 8 nitrogen and oxygen atoms in total. The summed E-state index contributed by atoms with van der Waals surface area (Å²) in [6.45, 7) is 5.01. The summed E-state index contributed by atoms with van der Waals surface area (Å²) in [7, 11) is 1.65. The highest BCUT2D eigenvalue weighted by Crippen LogP contribution is 2.51. The van der Waals surface area contributed by atoms with E-state index in [0.717, 1.165) is 23.4 Å². The van der Waals surface area contributed by atoms with E-state index in [0.29, 0.717) is 25.3 Å². The van der Waals surface area contributed by atoms with E-state index in [1.807, 2.05) is 42.8 Å². The van der Waals surface area contributed by atoms with Crippen molar-refractivity contribution >= 4 is 6.09 Å². The monoisotopic (exact) mass is 372 g/mol. The summed E-state index contributed by atoms with van der Waals surface area (Å²) in [5.74, 6) is 0.811. The number of amides is 1. The van der Waals surface area contributed by atoms with Crippen molar-refractivity contribution in [1.82, 2.24) is 20.3 Å². The molecule has 1 aliphatic carbocycles. The van der Waals surface area contributed by atoms with Crippen LogP contribution >= 0.6 is 0 Å². The summed E-state index contributed by atoms with van der Waals surface area (Å²) >= 11 is 0. The maximum absolute atomic E-state index is 12.0. The Labute approximate surface area is 157 Å². The van der Waals surface area contributed by atoms with Gasteiger partial charge in [-0.15, -0.1) is 5.10 Å². The second-order valence-corrected chi connectivity index (χ2v) is 7.34. The molecule has 2 atom stereocenters. The number of alkyl carbamates (subject to hydrolysis) is 1. The number of hydrogen-bond donors (Lipinski definition) is 1. The van der Waals surface area contributed by atoms with Gasteiger partial charge in [0.1, 0.15) is 28.8 Å². The molecule has 1 amide bonds. The SMILES string of the molecule is COc1ccc(Cn2nnc3c2[C@@]2(CC[C@H]3OC(=O)NC(C)C)CO2)cc1. The van der Waals surface area contributed by atoms with E-state index in [1.165, 1.54) is 0 Å². The van der Waals surface area contributed by atoms with E-state index in [4.69, 9.17) is 14.2 Å². The highest BCUT2D eigenvalue weighted by atomic mass is 16.6. The topological polar surface area (TPSA) is 90.8 Å². The van der Waals surface area contributed by atoms with Gasteiger partial charge in [0.05, 0.1) is 20.3 Å². The summed E-state index contributed by atoms with van der Waals surface area (Å²) < 4.78 is 18.5. The number of hydrogen-bond acceptors (Lipinski definition) is 6. The summed E-state index contributed by atoms with van der Waals surface area (Å²) in [6, 6.07) is 7.86. The average molecular weight is 372 g/mol. The van der Waals surface area contributed by atoms with E-state index in [1.54, 1.807) is 7.11 Å². The van der Waals surface area contributed by atoms with Crippen molar-refractivity contribution in [3.8, 4) is 5.75 Å². The number of methoxy groups -OCH3 is 1. The summed E-state index contributed by atoms with van der Waals surface area (Å²) in [5.41, 5.74) is 2.37. The molecule has 8 heteroatoms. The second-order valence-electron chi connectivity index (χ2n) is 7.34. The zero-order valence-electron chi connectivity index (χ0n) is 15.8. The predicted octanol–water partition coefficient (Wildman–Crippen LogP) is 2.53. The zero-order valence-corrected chi connectivity index (χ0v) is 15.8. The van der Waals surface area contributed by atoms with Gasteiger partial charge in [-0.1, -0.05) is 17.3 Å². The standard InChI is InChI=1S/C19H24N4O4/c1-12(2)20-18(24)27-15-8-9-19(11-26-19)17-16(15)21-22-23(17)10-13-4-6-14(25-3)7-5-13/h4-7,12,15H,8-11H2,1-3H3,(H,20,24)/t15-,19-/m1/s1. The summed E-state index contributed by atoms with van der Waals surface area (Å²) in [6.07, 6.45) is 0.631. The first-order valence-corrected chi connectivity index (χ1v) is 9.18. The van der Waals surface area contributed by atoms with Crippen molar-refractivity contribution in [2.75, 3.05) is 13.7 Å². The van der Waals surface area contributed by atoms with Gasteiger partial charge < -0.3 is 19.5 Å². The zero-order chi connectivity index (χ0) is 19.0. The molecule has 0 unspecified atom stereocenters. The lowest BCUT2D eigenvalue weighted by molar-refractivity contribution is 0.0712. The fraction of sp³-hybridized carbons (Fsp3) is 0.526. The minimum atomic E-state index is -0.432. The molecule has 1 N–H and O–H groups in total. The van der Waals surface area contributed by atoms with Crippen LogP contribution in [-0.2, 0) is 21.6 Å². The largest absolute Gasteiger partial charge is 0.497 e. The molecule has 1 aromatic heterocycles. The number of carbonyl (C=O) groups is 1. The van der Waals surface area contributed by atoms with E-state index in [-0.39, 0.29) is 11.6 Å². The number of fused-ring (bicyclic) bond motifs is 2. The minimum absolute atomic E-state index is 0.0180. The molecule has 2 aromatic rings. The molecular formula is C19H24N4O4. The number of aromatic nitrogens is 3. The van der Waals surface area contributed by atoms with Gasteiger partial charge in [-0.2, -0.15) is 0 Å². The Morgan fingerprint density at radius 3 is 2.78 bits per heavy atom. The summed E-state index contributed by atoms with van der Waals surface area (Å²) in [4.78, 5) is 12.0. The van der Waals surface area contributed by atoms with Gasteiger partial charge in [-0.3, -0.25) is 0 Å². The van der Waals surface area contributed by atoms with Crippen LogP contribution in [0.1, 0.15) is 49.7 Å². The fourth-order valence-electron chi connectivity index (χ4n) is 3.53. The van der Waals surface area contributed by atoms with Crippen molar-refractivity contribution in [2.24, 2.45) is 0 Å². The van der Waals surface area contributed by atoms with Crippen molar-refractivity contribution in [1.29, 1.82) is 0 Å². The number of rotatable bonds is 5. The Morgan fingerprint density at radius 1 is 1.41 bits per heavy atom. The first-order valence-electron chi connectivity index (χ1n) is 9.18. The van der Waals surface area contributed by atoms with E-state index in [9.17, 15) is 4.79 Å². The van der Waals surface area contributed by atoms with Gasteiger partial charge in [0.25, 0.3) is 0 Å². The quantitative estimate of drug-likeness (QED) is 0.811. The highest BCUT2D eigenvalue weighted by molar-refractivity contribution is 5.67. The van der Waals surface area contributed by atoms with E-state index >= 15 is 0 Å². The second kappa shape index (κ2) is 6.84. The van der Waals surface area contributed by atoms with Gasteiger partial charge in [-0.25, -0.2) is 9.48 Å².